The van der Waals surface area contributed by atoms with E-state index in [1.807, 2.05) is 67.6 Å². The molecule has 0 bridgehead atoms. The summed E-state index contributed by atoms with van der Waals surface area (Å²) in [5.74, 6) is 1.31. The maximum absolute atomic E-state index is 13.9. The molecule has 0 saturated heterocycles. The Balaban J connectivity index is 1.59. The van der Waals surface area contributed by atoms with Crippen LogP contribution in [0.3, 0.4) is 0 Å². The zero-order chi connectivity index (χ0) is 23.8. The van der Waals surface area contributed by atoms with Crippen LogP contribution in [0.25, 0.3) is 0 Å². The van der Waals surface area contributed by atoms with Crippen molar-refractivity contribution in [3.8, 4) is 11.5 Å². The lowest BCUT2D eigenvalue weighted by Crippen LogP contribution is -2.35. The highest BCUT2D eigenvalue weighted by molar-refractivity contribution is 7.99. The highest BCUT2D eigenvalue weighted by atomic mass is 32.2. The number of hydrogen-bond acceptors (Lipinski definition) is 4. The fraction of sp³-hybridized carbons (Fsp3) is 0.167. The molecule has 2 aliphatic rings. The Morgan fingerprint density at radius 2 is 1.66 bits per heavy atom. The van der Waals surface area contributed by atoms with E-state index < -0.39 is 0 Å². The summed E-state index contributed by atoms with van der Waals surface area (Å²) in [4.78, 5) is 6.30. The van der Waals surface area contributed by atoms with E-state index in [4.69, 9.17) is 14.5 Å². The number of aliphatic imine (C=N–C) groups is 1. The number of thioether (sulfide) groups is 1. The molecule has 5 heteroatoms. The first-order chi connectivity index (χ1) is 17.2. The van der Waals surface area contributed by atoms with E-state index in [-0.39, 0.29) is 23.1 Å². The molecule has 3 atom stereocenters. The fourth-order valence-corrected chi connectivity index (χ4v) is 6.28. The molecular weight excluding hydrogens is 457 g/mol. The van der Waals surface area contributed by atoms with Gasteiger partial charge < -0.3 is 9.47 Å². The molecule has 0 radical (unpaired) electrons. The number of nitrogens with zero attached hydrogens (tertiary/aromatic N) is 1. The van der Waals surface area contributed by atoms with E-state index in [0.29, 0.717) is 6.61 Å². The maximum Gasteiger partial charge on any atom is 0.134 e. The Hall–Kier alpha value is -3.57. The molecule has 0 aliphatic carbocycles. The molecule has 0 N–H and O–H groups in total. The molecule has 2 heterocycles. The van der Waals surface area contributed by atoms with Crippen molar-refractivity contribution in [3.63, 3.8) is 0 Å². The summed E-state index contributed by atoms with van der Waals surface area (Å²) in [6.07, 6.45) is -0.243. The lowest BCUT2D eigenvalue weighted by Gasteiger charge is -2.38. The first kappa shape index (κ1) is 21.9. The Labute approximate surface area is 208 Å². The predicted molar refractivity (Wildman–Crippen MR) is 139 cm³/mol. The van der Waals surface area contributed by atoms with Gasteiger partial charge in [0, 0.05) is 15.7 Å². The first-order valence-electron chi connectivity index (χ1n) is 11.8. The third-order valence-corrected chi connectivity index (χ3v) is 7.85. The van der Waals surface area contributed by atoms with Gasteiger partial charge in [-0.2, -0.15) is 0 Å². The summed E-state index contributed by atoms with van der Waals surface area (Å²) >= 11 is 1.74. The number of fused-ring (bicyclic) bond motifs is 4. The first-order valence-corrected chi connectivity index (χ1v) is 12.7. The number of rotatable bonds is 4. The van der Waals surface area contributed by atoms with Crippen LogP contribution in [-0.4, -0.2) is 12.3 Å². The van der Waals surface area contributed by atoms with Crippen molar-refractivity contribution in [2.45, 2.75) is 23.2 Å². The van der Waals surface area contributed by atoms with Crippen LogP contribution in [0.1, 0.15) is 35.0 Å². The second-order valence-corrected chi connectivity index (χ2v) is 9.80. The van der Waals surface area contributed by atoms with E-state index in [0.717, 1.165) is 44.5 Å². The van der Waals surface area contributed by atoms with Crippen LogP contribution >= 0.6 is 11.8 Å². The number of hydrogen-bond donors (Lipinski definition) is 0. The predicted octanol–water partition coefficient (Wildman–Crippen LogP) is 7.94. The number of para-hydroxylation sites is 1. The molecule has 3 unspecified atom stereocenters. The Morgan fingerprint density at radius 3 is 2.46 bits per heavy atom. The minimum Gasteiger partial charge on any atom is -0.494 e. The van der Waals surface area contributed by atoms with Crippen LogP contribution in [0.2, 0.25) is 0 Å². The molecular formula is C30H24FNO2S. The smallest absolute Gasteiger partial charge is 0.134 e. The number of ether oxygens (including phenoxy) is 2. The molecule has 0 saturated carbocycles. The van der Waals surface area contributed by atoms with Gasteiger partial charge >= 0.3 is 0 Å². The van der Waals surface area contributed by atoms with Crippen LogP contribution < -0.4 is 9.47 Å². The average Bonchev–Trinajstić information content (AvgIpc) is 3.06. The molecule has 35 heavy (non-hydrogen) atoms. The van der Waals surface area contributed by atoms with Gasteiger partial charge in [-0.25, -0.2) is 4.39 Å². The van der Waals surface area contributed by atoms with Gasteiger partial charge in [0.2, 0.25) is 0 Å². The quantitative estimate of drug-likeness (QED) is 0.296. The van der Waals surface area contributed by atoms with Crippen LogP contribution in [-0.2, 0) is 0 Å². The summed E-state index contributed by atoms with van der Waals surface area (Å²) in [6, 6.07) is 31.3. The molecule has 2 aliphatic heterocycles. The minimum absolute atomic E-state index is 0.0500. The normalized spacial score (nSPS) is 20.4. The van der Waals surface area contributed by atoms with E-state index in [1.165, 1.54) is 12.1 Å². The van der Waals surface area contributed by atoms with Crippen molar-refractivity contribution in [2.75, 3.05) is 6.61 Å². The zero-order valence-electron chi connectivity index (χ0n) is 19.2. The summed E-state index contributed by atoms with van der Waals surface area (Å²) in [5, 5.41) is -0.0500. The number of benzene rings is 4. The summed E-state index contributed by atoms with van der Waals surface area (Å²) in [6.45, 7) is 2.58. The van der Waals surface area contributed by atoms with E-state index >= 15 is 0 Å². The van der Waals surface area contributed by atoms with Crippen molar-refractivity contribution < 1.29 is 13.9 Å². The zero-order valence-corrected chi connectivity index (χ0v) is 20.0. The van der Waals surface area contributed by atoms with Crippen molar-refractivity contribution in [2.24, 2.45) is 10.9 Å². The van der Waals surface area contributed by atoms with Gasteiger partial charge in [0.15, 0.2) is 0 Å². The van der Waals surface area contributed by atoms with Gasteiger partial charge in [0.05, 0.1) is 23.9 Å². The summed E-state index contributed by atoms with van der Waals surface area (Å²) < 4.78 is 26.4. The molecule has 0 amide bonds. The van der Waals surface area contributed by atoms with Crippen LogP contribution in [0.5, 0.6) is 11.5 Å². The second kappa shape index (κ2) is 9.23. The molecule has 6 rings (SSSR count). The SMILES string of the molecule is CCOc1ccc2c(c1)SC(c1ccc(F)cc1)C1C(=N2)c2ccccc2OC1c1ccccc1. The summed E-state index contributed by atoms with van der Waals surface area (Å²) in [7, 11) is 0. The molecule has 0 fully saturated rings. The average molecular weight is 482 g/mol. The van der Waals surface area contributed by atoms with Gasteiger partial charge in [-0.05, 0) is 60.5 Å². The highest BCUT2D eigenvalue weighted by Crippen LogP contribution is 2.55. The van der Waals surface area contributed by atoms with Gasteiger partial charge in [0.25, 0.3) is 0 Å². The number of halogens is 1. The maximum atomic E-state index is 13.9. The molecule has 0 aromatic heterocycles. The van der Waals surface area contributed by atoms with Gasteiger partial charge in [-0.15, -0.1) is 11.8 Å². The topological polar surface area (TPSA) is 30.8 Å². The summed E-state index contributed by atoms with van der Waals surface area (Å²) in [5.41, 5.74) is 5.03. The lowest BCUT2D eigenvalue weighted by molar-refractivity contribution is 0.156. The lowest BCUT2D eigenvalue weighted by atomic mass is 9.80. The van der Waals surface area contributed by atoms with Crippen molar-refractivity contribution in [3.05, 3.63) is 120 Å². The van der Waals surface area contributed by atoms with Crippen molar-refractivity contribution in [1.29, 1.82) is 0 Å². The minimum atomic E-state index is -0.245. The monoisotopic (exact) mass is 481 g/mol. The Morgan fingerprint density at radius 1 is 0.886 bits per heavy atom. The molecule has 0 spiro atoms. The van der Waals surface area contributed by atoms with Gasteiger partial charge in [-0.3, -0.25) is 4.99 Å². The van der Waals surface area contributed by atoms with Crippen LogP contribution in [0.15, 0.2) is 107 Å². The second-order valence-electron chi connectivity index (χ2n) is 8.62. The van der Waals surface area contributed by atoms with Crippen molar-refractivity contribution >= 4 is 23.2 Å². The van der Waals surface area contributed by atoms with Gasteiger partial charge in [0.1, 0.15) is 23.4 Å². The van der Waals surface area contributed by atoms with Gasteiger partial charge in [-0.1, -0.05) is 54.6 Å². The largest absolute Gasteiger partial charge is 0.494 e. The molecule has 3 nitrogen and oxygen atoms in total. The third-order valence-electron chi connectivity index (χ3n) is 6.45. The fourth-order valence-electron chi connectivity index (χ4n) is 4.87. The highest BCUT2D eigenvalue weighted by Gasteiger charge is 2.44. The van der Waals surface area contributed by atoms with E-state index in [1.54, 1.807) is 11.8 Å². The molecule has 4 aromatic rings. The molecule has 4 aromatic carbocycles. The van der Waals surface area contributed by atoms with E-state index in [2.05, 4.69) is 24.3 Å². The third kappa shape index (κ3) is 4.10. The Bertz CT molecular complexity index is 1390. The van der Waals surface area contributed by atoms with E-state index in [9.17, 15) is 4.39 Å². The van der Waals surface area contributed by atoms with Crippen LogP contribution in [0, 0.1) is 11.7 Å². The standard InChI is InChI=1S/C30H24FNO2S/c1-2-33-22-16-17-24-26(18-22)35-30(20-12-14-21(31)15-13-20)27-28(32-24)23-10-6-7-11-25(23)34-29(27)19-8-4-3-5-9-19/h3-18,27,29-30H,2H2,1H3. The molecule has 174 valence electrons. The Kier molecular flexibility index (Phi) is 5.78. The van der Waals surface area contributed by atoms with Crippen molar-refractivity contribution in [1.82, 2.24) is 0 Å². The van der Waals surface area contributed by atoms with Crippen LogP contribution in [0.4, 0.5) is 10.1 Å².